The van der Waals surface area contributed by atoms with Crippen molar-refractivity contribution in [3.8, 4) is 0 Å². The lowest BCUT2D eigenvalue weighted by molar-refractivity contribution is -0.144. The molecule has 2 aliphatic heterocycles. The first-order valence-electron chi connectivity index (χ1n) is 6.57. The number of carbonyl (C=O) groups excluding carboxylic acids is 2. The fourth-order valence-electron chi connectivity index (χ4n) is 3.21. The number of likely N-dealkylation sites (tertiary alicyclic amines) is 1. The maximum Gasteiger partial charge on any atom is 0.307 e. The molecule has 1 aromatic carbocycles. The van der Waals surface area contributed by atoms with E-state index in [4.69, 9.17) is 4.74 Å². The molecule has 2 saturated heterocycles. The fraction of sp³-hybridized carbons (Fsp3) is 0.467. The molecule has 0 N–H and O–H groups in total. The van der Waals surface area contributed by atoms with Crippen LogP contribution in [-0.2, 0) is 20.9 Å². The highest BCUT2D eigenvalue weighted by atomic mass is 16.6. The average molecular weight is 259 g/mol. The molecular weight excluding hydrogens is 242 g/mol. The molecular formula is C15H17NO3. The number of hydrogen-bond donors (Lipinski definition) is 0. The van der Waals surface area contributed by atoms with Gasteiger partial charge in [-0.3, -0.25) is 9.59 Å². The molecule has 2 heterocycles. The zero-order valence-corrected chi connectivity index (χ0v) is 11.1. The van der Waals surface area contributed by atoms with E-state index < -0.39 is 5.41 Å². The largest absolute Gasteiger partial charge is 0.459 e. The second-order valence-corrected chi connectivity index (χ2v) is 5.66. The minimum atomic E-state index is -0.675. The van der Waals surface area contributed by atoms with Gasteiger partial charge in [-0.15, -0.1) is 0 Å². The Morgan fingerprint density at radius 1 is 1.32 bits per heavy atom. The van der Waals surface area contributed by atoms with Crippen LogP contribution in [0.15, 0.2) is 30.3 Å². The third-order valence-corrected chi connectivity index (χ3v) is 4.27. The topological polar surface area (TPSA) is 46.6 Å². The average Bonchev–Trinajstić information content (AvgIpc) is 2.78. The Bertz CT molecular complexity index is 527. The molecule has 3 atom stereocenters. The van der Waals surface area contributed by atoms with Gasteiger partial charge >= 0.3 is 5.97 Å². The molecule has 0 aliphatic carbocycles. The fourth-order valence-corrected chi connectivity index (χ4v) is 3.21. The molecule has 3 rings (SSSR count). The summed E-state index contributed by atoms with van der Waals surface area (Å²) in [6.07, 6.45) is -0.109. The zero-order valence-electron chi connectivity index (χ0n) is 11.1. The quantitative estimate of drug-likeness (QED) is 0.760. The van der Waals surface area contributed by atoms with Gasteiger partial charge in [0.1, 0.15) is 6.10 Å². The highest BCUT2D eigenvalue weighted by Gasteiger charge is 2.61. The van der Waals surface area contributed by atoms with Crippen LogP contribution in [0.25, 0.3) is 0 Å². The normalized spacial score (nSPS) is 33.5. The summed E-state index contributed by atoms with van der Waals surface area (Å²) in [5.41, 5.74) is 0.420. The van der Waals surface area contributed by atoms with E-state index >= 15 is 0 Å². The van der Waals surface area contributed by atoms with Crippen LogP contribution < -0.4 is 0 Å². The number of esters is 1. The van der Waals surface area contributed by atoms with E-state index in [1.165, 1.54) is 0 Å². The molecule has 0 radical (unpaired) electrons. The number of fused-ring (bicyclic) bond motifs is 1. The number of ether oxygens (including phenoxy) is 1. The summed E-state index contributed by atoms with van der Waals surface area (Å²) in [6, 6.07) is 9.82. The Morgan fingerprint density at radius 3 is 2.63 bits per heavy atom. The van der Waals surface area contributed by atoms with Gasteiger partial charge in [-0.05, 0) is 19.4 Å². The monoisotopic (exact) mass is 259 g/mol. The SMILES string of the molecule is C[C@@H]1[C@H]2OC(=O)C[C@]2(C)C(=O)N1Cc1ccccc1. The molecule has 0 unspecified atom stereocenters. The van der Waals surface area contributed by atoms with Gasteiger partial charge in [-0.2, -0.15) is 0 Å². The van der Waals surface area contributed by atoms with Crippen LogP contribution in [-0.4, -0.2) is 28.9 Å². The second-order valence-electron chi connectivity index (χ2n) is 5.66. The molecule has 100 valence electrons. The van der Waals surface area contributed by atoms with Crippen molar-refractivity contribution in [2.24, 2.45) is 5.41 Å². The van der Waals surface area contributed by atoms with Gasteiger partial charge in [-0.25, -0.2) is 0 Å². The van der Waals surface area contributed by atoms with E-state index in [1.807, 2.05) is 49.1 Å². The first kappa shape index (κ1) is 12.2. The minimum Gasteiger partial charge on any atom is -0.459 e. The predicted molar refractivity (Wildman–Crippen MR) is 69.1 cm³/mol. The third-order valence-electron chi connectivity index (χ3n) is 4.27. The van der Waals surface area contributed by atoms with Gasteiger partial charge in [0.05, 0.1) is 17.9 Å². The lowest BCUT2D eigenvalue weighted by Gasteiger charge is -2.24. The molecule has 2 aliphatic rings. The number of hydrogen-bond acceptors (Lipinski definition) is 3. The van der Waals surface area contributed by atoms with Gasteiger partial charge in [0.15, 0.2) is 0 Å². The summed E-state index contributed by atoms with van der Waals surface area (Å²) in [5.74, 6) is -0.230. The summed E-state index contributed by atoms with van der Waals surface area (Å²) >= 11 is 0. The van der Waals surface area contributed by atoms with Crippen LogP contribution in [0.1, 0.15) is 25.8 Å². The maximum atomic E-state index is 12.6. The molecule has 0 aromatic heterocycles. The van der Waals surface area contributed by atoms with Crippen LogP contribution in [0, 0.1) is 5.41 Å². The number of rotatable bonds is 2. The number of amides is 1. The first-order valence-corrected chi connectivity index (χ1v) is 6.57. The highest BCUT2D eigenvalue weighted by Crippen LogP contribution is 2.46. The zero-order chi connectivity index (χ0) is 13.6. The second kappa shape index (κ2) is 4.08. The van der Waals surface area contributed by atoms with Gasteiger partial charge in [0.2, 0.25) is 5.91 Å². The summed E-state index contributed by atoms with van der Waals surface area (Å²) < 4.78 is 5.34. The van der Waals surface area contributed by atoms with E-state index in [9.17, 15) is 9.59 Å². The molecule has 1 aromatic rings. The van der Waals surface area contributed by atoms with Crippen LogP contribution in [0.2, 0.25) is 0 Å². The van der Waals surface area contributed by atoms with Gasteiger partial charge < -0.3 is 9.64 Å². The summed E-state index contributed by atoms with van der Waals surface area (Å²) in [5, 5.41) is 0. The molecule has 2 fully saturated rings. The molecule has 0 spiro atoms. The minimum absolute atomic E-state index is 0.0275. The lowest BCUT2D eigenvalue weighted by atomic mass is 9.83. The molecule has 1 amide bonds. The van der Waals surface area contributed by atoms with Crippen molar-refractivity contribution in [1.82, 2.24) is 4.90 Å². The first-order chi connectivity index (χ1) is 9.02. The van der Waals surface area contributed by atoms with Crippen molar-refractivity contribution in [1.29, 1.82) is 0 Å². The van der Waals surface area contributed by atoms with Crippen LogP contribution in [0.4, 0.5) is 0 Å². The highest BCUT2D eigenvalue weighted by molar-refractivity contribution is 5.93. The van der Waals surface area contributed by atoms with Gasteiger partial charge in [0, 0.05) is 6.54 Å². The van der Waals surface area contributed by atoms with Crippen molar-refractivity contribution < 1.29 is 14.3 Å². The molecule has 4 heteroatoms. The van der Waals surface area contributed by atoms with E-state index in [-0.39, 0.29) is 30.4 Å². The standard InChI is InChI=1S/C15H17NO3/c1-10-13-15(2,8-12(17)19-13)14(18)16(10)9-11-6-4-3-5-7-11/h3-7,10,13H,8-9H2,1-2H3/t10-,13-,15+/m1/s1. The smallest absolute Gasteiger partial charge is 0.307 e. The van der Waals surface area contributed by atoms with Gasteiger partial charge in [-0.1, -0.05) is 30.3 Å². The predicted octanol–water partition coefficient (Wildman–Crippen LogP) is 1.74. The van der Waals surface area contributed by atoms with Crippen molar-refractivity contribution in [2.75, 3.05) is 0 Å². The van der Waals surface area contributed by atoms with Gasteiger partial charge in [0.25, 0.3) is 0 Å². The molecule has 0 bridgehead atoms. The van der Waals surface area contributed by atoms with Crippen LogP contribution in [0.3, 0.4) is 0 Å². The number of benzene rings is 1. The Labute approximate surface area is 112 Å². The Hall–Kier alpha value is -1.84. The van der Waals surface area contributed by atoms with Crippen molar-refractivity contribution >= 4 is 11.9 Å². The number of nitrogens with zero attached hydrogens (tertiary/aromatic N) is 1. The Balaban J connectivity index is 1.86. The van der Waals surface area contributed by atoms with Crippen LogP contribution in [0.5, 0.6) is 0 Å². The van der Waals surface area contributed by atoms with Crippen molar-refractivity contribution in [2.45, 2.75) is 39.0 Å². The molecule has 0 saturated carbocycles. The van der Waals surface area contributed by atoms with E-state index in [2.05, 4.69) is 0 Å². The Kier molecular flexibility index (Phi) is 2.62. The Morgan fingerprint density at radius 2 is 2.00 bits per heavy atom. The van der Waals surface area contributed by atoms with Crippen LogP contribution >= 0.6 is 0 Å². The molecule has 19 heavy (non-hydrogen) atoms. The molecule has 4 nitrogen and oxygen atoms in total. The summed E-state index contributed by atoms with van der Waals surface area (Å²) in [6.45, 7) is 4.37. The summed E-state index contributed by atoms with van der Waals surface area (Å²) in [4.78, 5) is 25.8. The van der Waals surface area contributed by atoms with E-state index in [0.717, 1.165) is 5.56 Å². The van der Waals surface area contributed by atoms with Crippen molar-refractivity contribution in [3.63, 3.8) is 0 Å². The van der Waals surface area contributed by atoms with Crippen molar-refractivity contribution in [3.05, 3.63) is 35.9 Å². The number of carbonyl (C=O) groups is 2. The van der Waals surface area contributed by atoms with E-state index in [1.54, 1.807) is 0 Å². The third kappa shape index (κ3) is 1.74. The summed E-state index contributed by atoms with van der Waals surface area (Å²) in [7, 11) is 0. The van der Waals surface area contributed by atoms with E-state index in [0.29, 0.717) is 6.54 Å². The lowest BCUT2D eigenvalue weighted by Crippen LogP contribution is -2.35. The maximum absolute atomic E-state index is 12.6.